The molecule has 0 radical (unpaired) electrons. The minimum absolute atomic E-state index is 0.0381. The molecule has 1 aliphatic carbocycles. The van der Waals surface area contributed by atoms with Crippen LogP contribution in [0.1, 0.15) is 18.9 Å². The standard InChI is InChI=1S/C10H8BrN3O/c11-8-4-3-7-9(13-8)10(15)14(5-12-7)6-1-2-6/h3-6H,1-2H2. The fourth-order valence-corrected chi connectivity index (χ4v) is 1.91. The Hall–Kier alpha value is -1.23. The summed E-state index contributed by atoms with van der Waals surface area (Å²) in [4.78, 5) is 20.4. The molecule has 15 heavy (non-hydrogen) atoms. The molecule has 0 N–H and O–H groups in total. The van der Waals surface area contributed by atoms with Crippen LogP contribution >= 0.6 is 15.9 Å². The van der Waals surface area contributed by atoms with Crippen molar-refractivity contribution in [2.45, 2.75) is 18.9 Å². The maximum Gasteiger partial charge on any atom is 0.280 e. The zero-order valence-corrected chi connectivity index (χ0v) is 9.44. The van der Waals surface area contributed by atoms with Crippen molar-refractivity contribution < 1.29 is 0 Å². The van der Waals surface area contributed by atoms with Crippen LogP contribution in [0.15, 0.2) is 27.9 Å². The first-order valence-electron chi connectivity index (χ1n) is 4.79. The highest BCUT2D eigenvalue weighted by atomic mass is 79.9. The van der Waals surface area contributed by atoms with E-state index in [1.54, 1.807) is 23.0 Å². The van der Waals surface area contributed by atoms with Crippen LogP contribution < -0.4 is 5.56 Å². The Balaban J connectivity index is 2.35. The van der Waals surface area contributed by atoms with Gasteiger partial charge in [0.15, 0.2) is 5.52 Å². The van der Waals surface area contributed by atoms with Crippen molar-refractivity contribution >= 4 is 27.0 Å². The lowest BCUT2D eigenvalue weighted by Gasteiger charge is -2.03. The van der Waals surface area contributed by atoms with Crippen LogP contribution in [-0.4, -0.2) is 14.5 Å². The van der Waals surface area contributed by atoms with Crippen LogP contribution in [-0.2, 0) is 0 Å². The average molecular weight is 266 g/mol. The van der Waals surface area contributed by atoms with E-state index in [0.717, 1.165) is 12.8 Å². The van der Waals surface area contributed by atoms with Crippen molar-refractivity contribution in [3.05, 3.63) is 33.4 Å². The molecule has 0 atom stereocenters. The molecule has 0 spiro atoms. The lowest BCUT2D eigenvalue weighted by Crippen LogP contribution is -2.20. The van der Waals surface area contributed by atoms with E-state index in [-0.39, 0.29) is 5.56 Å². The van der Waals surface area contributed by atoms with Gasteiger partial charge in [-0.2, -0.15) is 0 Å². The summed E-state index contributed by atoms with van der Waals surface area (Å²) in [5.74, 6) is 0. The maximum atomic E-state index is 12.0. The topological polar surface area (TPSA) is 47.8 Å². The fraction of sp³-hybridized carbons (Fsp3) is 0.300. The largest absolute Gasteiger partial charge is 0.294 e. The van der Waals surface area contributed by atoms with Crippen molar-refractivity contribution in [1.29, 1.82) is 0 Å². The molecule has 3 rings (SSSR count). The van der Waals surface area contributed by atoms with Crippen LogP contribution in [0.3, 0.4) is 0 Å². The molecule has 1 saturated carbocycles. The lowest BCUT2D eigenvalue weighted by molar-refractivity contribution is 0.696. The molecule has 0 amide bonds. The second kappa shape index (κ2) is 3.13. The fourth-order valence-electron chi connectivity index (χ4n) is 1.60. The van der Waals surface area contributed by atoms with Gasteiger partial charge in [0.05, 0.1) is 11.8 Å². The summed E-state index contributed by atoms with van der Waals surface area (Å²) in [5, 5.41) is 0. The third-order valence-electron chi connectivity index (χ3n) is 2.54. The minimum atomic E-state index is -0.0381. The Bertz CT molecular complexity index is 589. The smallest absolute Gasteiger partial charge is 0.280 e. The zero-order chi connectivity index (χ0) is 10.4. The number of aromatic nitrogens is 3. The van der Waals surface area contributed by atoms with Crippen LogP contribution in [0.5, 0.6) is 0 Å². The van der Waals surface area contributed by atoms with Crippen molar-refractivity contribution in [1.82, 2.24) is 14.5 Å². The van der Waals surface area contributed by atoms with E-state index >= 15 is 0 Å². The van der Waals surface area contributed by atoms with Gasteiger partial charge in [0.1, 0.15) is 4.60 Å². The van der Waals surface area contributed by atoms with Crippen molar-refractivity contribution in [3.8, 4) is 0 Å². The summed E-state index contributed by atoms with van der Waals surface area (Å²) in [7, 11) is 0. The van der Waals surface area contributed by atoms with Crippen molar-refractivity contribution in [3.63, 3.8) is 0 Å². The first-order valence-corrected chi connectivity index (χ1v) is 5.58. The number of hydrogen-bond donors (Lipinski definition) is 0. The molecule has 5 heteroatoms. The monoisotopic (exact) mass is 265 g/mol. The molecule has 0 aliphatic heterocycles. The quantitative estimate of drug-likeness (QED) is 0.740. The predicted octanol–water partition coefficient (Wildman–Crippen LogP) is 1.89. The molecular weight excluding hydrogens is 258 g/mol. The van der Waals surface area contributed by atoms with Gasteiger partial charge in [-0.3, -0.25) is 9.36 Å². The van der Waals surface area contributed by atoms with Crippen LogP contribution in [0, 0.1) is 0 Å². The normalized spacial score (nSPS) is 15.8. The van der Waals surface area contributed by atoms with Gasteiger partial charge in [-0.1, -0.05) is 0 Å². The number of hydrogen-bond acceptors (Lipinski definition) is 3. The van der Waals surface area contributed by atoms with Gasteiger partial charge in [-0.15, -0.1) is 0 Å². The van der Waals surface area contributed by atoms with Gasteiger partial charge in [0.2, 0.25) is 0 Å². The number of rotatable bonds is 1. The van der Waals surface area contributed by atoms with E-state index in [0.29, 0.717) is 21.7 Å². The molecule has 76 valence electrons. The van der Waals surface area contributed by atoms with Gasteiger partial charge < -0.3 is 0 Å². The van der Waals surface area contributed by atoms with Gasteiger partial charge in [0.25, 0.3) is 5.56 Å². The Morgan fingerprint density at radius 2 is 2.20 bits per heavy atom. The van der Waals surface area contributed by atoms with E-state index in [4.69, 9.17) is 0 Å². The number of pyridine rings is 1. The molecular formula is C10H8BrN3O. The molecule has 2 aromatic heterocycles. The summed E-state index contributed by atoms with van der Waals surface area (Å²) < 4.78 is 2.35. The Morgan fingerprint density at radius 1 is 1.40 bits per heavy atom. The van der Waals surface area contributed by atoms with E-state index in [1.807, 2.05) is 0 Å². The third-order valence-corrected chi connectivity index (χ3v) is 2.98. The molecule has 0 bridgehead atoms. The minimum Gasteiger partial charge on any atom is -0.294 e. The van der Waals surface area contributed by atoms with Crippen molar-refractivity contribution in [2.24, 2.45) is 0 Å². The summed E-state index contributed by atoms with van der Waals surface area (Å²) >= 11 is 3.26. The SMILES string of the molecule is O=c1c2nc(Br)ccc2ncn1C1CC1. The number of nitrogens with zero attached hydrogens (tertiary/aromatic N) is 3. The van der Waals surface area contributed by atoms with Crippen LogP contribution in [0.2, 0.25) is 0 Å². The molecule has 0 aromatic carbocycles. The van der Waals surface area contributed by atoms with Crippen LogP contribution in [0.4, 0.5) is 0 Å². The van der Waals surface area contributed by atoms with Gasteiger partial charge in [0, 0.05) is 6.04 Å². The second-order valence-corrected chi connectivity index (χ2v) is 4.50. The molecule has 2 heterocycles. The Kier molecular flexibility index (Phi) is 1.88. The highest BCUT2D eigenvalue weighted by Crippen LogP contribution is 2.33. The third kappa shape index (κ3) is 1.47. The van der Waals surface area contributed by atoms with E-state index in [1.165, 1.54) is 0 Å². The maximum absolute atomic E-state index is 12.0. The summed E-state index contributed by atoms with van der Waals surface area (Å²) in [5.41, 5.74) is 1.06. The molecule has 0 saturated heterocycles. The first-order chi connectivity index (χ1) is 7.25. The van der Waals surface area contributed by atoms with E-state index in [2.05, 4.69) is 25.9 Å². The molecule has 1 aliphatic rings. The van der Waals surface area contributed by atoms with Crippen molar-refractivity contribution in [2.75, 3.05) is 0 Å². The Labute approximate surface area is 94.1 Å². The molecule has 2 aromatic rings. The summed E-state index contributed by atoms with van der Waals surface area (Å²) in [6, 6.07) is 3.93. The second-order valence-electron chi connectivity index (χ2n) is 3.69. The molecule has 4 nitrogen and oxygen atoms in total. The highest BCUT2D eigenvalue weighted by molar-refractivity contribution is 9.10. The van der Waals surface area contributed by atoms with E-state index in [9.17, 15) is 4.79 Å². The summed E-state index contributed by atoms with van der Waals surface area (Å²) in [6.45, 7) is 0. The number of halogens is 1. The zero-order valence-electron chi connectivity index (χ0n) is 7.85. The lowest BCUT2D eigenvalue weighted by atomic mass is 10.3. The predicted molar refractivity (Wildman–Crippen MR) is 59.8 cm³/mol. The molecule has 1 fully saturated rings. The van der Waals surface area contributed by atoms with E-state index < -0.39 is 0 Å². The number of fused-ring (bicyclic) bond motifs is 1. The van der Waals surface area contributed by atoms with Gasteiger partial charge in [-0.25, -0.2) is 9.97 Å². The van der Waals surface area contributed by atoms with Gasteiger partial charge >= 0.3 is 0 Å². The van der Waals surface area contributed by atoms with Gasteiger partial charge in [-0.05, 0) is 40.9 Å². The van der Waals surface area contributed by atoms with Crippen LogP contribution in [0.25, 0.3) is 11.0 Å². The Morgan fingerprint density at radius 3 is 2.93 bits per heavy atom. The average Bonchev–Trinajstić information content (AvgIpc) is 3.03. The highest BCUT2D eigenvalue weighted by Gasteiger charge is 2.25. The molecule has 0 unspecified atom stereocenters. The summed E-state index contributed by atoms with van der Waals surface area (Å²) in [6.07, 6.45) is 3.76. The first kappa shape index (κ1) is 9.03.